The number of rotatable bonds is 5. The van der Waals surface area contributed by atoms with Crippen LogP contribution in [0.2, 0.25) is 0 Å². The van der Waals surface area contributed by atoms with E-state index in [9.17, 15) is 13.6 Å². The zero-order valence-electron chi connectivity index (χ0n) is 16.7. The topological polar surface area (TPSA) is 126 Å². The first kappa shape index (κ1) is 20.7. The first-order valence-electron chi connectivity index (χ1n) is 9.97. The standard InChI is InChI=1S/C21H23F2N7O/c22-14-1-2-15(19(18(14)23)30-7-4-12(10-24)5-8-30)29-21(31)20-27-11-16(28-20)13-3-6-26-17(25)9-13/h1-3,6,9,11-12H,4-5,7-8,10,24H2,(H2,25,26)(H,27,28)(H,29,31). The summed E-state index contributed by atoms with van der Waals surface area (Å²) in [5.41, 5.74) is 12.9. The van der Waals surface area contributed by atoms with Crippen molar-refractivity contribution < 1.29 is 13.6 Å². The molecule has 1 fully saturated rings. The number of halogens is 2. The lowest BCUT2D eigenvalue weighted by Gasteiger charge is -2.34. The van der Waals surface area contributed by atoms with Crippen LogP contribution in [-0.2, 0) is 0 Å². The minimum atomic E-state index is -0.989. The van der Waals surface area contributed by atoms with Gasteiger partial charge in [-0.3, -0.25) is 4.79 Å². The fourth-order valence-electron chi connectivity index (χ4n) is 3.72. The van der Waals surface area contributed by atoms with Crippen molar-refractivity contribution in [2.24, 2.45) is 11.7 Å². The molecule has 0 unspecified atom stereocenters. The molecule has 0 atom stereocenters. The second kappa shape index (κ2) is 8.68. The van der Waals surface area contributed by atoms with Crippen LogP contribution < -0.4 is 21.7 Å². The number of amides is 1. The van der Waals surface area contributed by atoms with Crippen molar-refractivity contribution in [2.75, 3.05) is 35.6 Å². The Labute approximate surface area is 177 Å². The third kappa shape index (κ3) is 4.33. The Balaban J connectivity index is 1.57. The molecule has 8 nitrogen and oxygen atoms in total. The Morgan fingerprint density at radius 3 is 2.71 bits per heavy atom. The molecule has 6 N–H and O–H groups in total. The van der Waals surface area contributed by atoms with Gasteiger partial charge in [-0.05, 0) is 49.6 Å². The van der Waals surface area contributed by atoms with Crippen molar-refractivity contribution in [3.63, 3.8) is 0 Å². The maximum absolute atomic E-state index is 14.7. The number of nitrogens with one attached hydrogen (secondary N) is 2. The summed E-state index contributed by atoms with van der Waals surface area (Å²) in [4.78, 5) is 25.4. The van der Waals surface area contributed by atoms with E-state index in [1.54, 1.807) is 23.2 Å². The number of carbonyl (C=O) groups is 1. The Kier molecular flexibility index (Phi) is 5.81. The molecule has 1 aliphatic heterocycles. The smallest absolute Gasteiger partial charge is 0.291 e. The lowest BCUT2D eigenvalue weighted by molar-refractivity contribution is 0.101. The molecule has 0 radical (unpaired) electrons. The molecule has 162 valence electrons. The number of anilines is 3. The third-order valence-electron chi connectivity index (χ3n) is 5.46. The van der Waals surface area contributed by atoms with Crippen molar-refractivity contribution in [1.29, 1.82) is 0 Å². The quantitative estimate of drug-likeness (QED) is 0.496. The number of nitrogens with zero attached hydrogens (tertiary/aromatic N) is 3. The minimum absolute atomic E-state index is 0.0305. The highest BCUT2D eigenvalue weighted by atomic mass is 19.2. The first-order valence-corrected chi connectivity index (χ1v) is 9.97. The van der Waals surface area contributed by atoms with Crippen molar-refractivity contribution in [3.05, 3.63) is 54.1 Å². The summed E-state index contributed by atoms with van der Waals surface area (Å²) in [6.45, 7) is 1.62. The molecule has 1 aromatic carbocycles. The number of hydrogen-bond donors (Lipinski definition) is 4. The van der Waals surface area contributed by atoms with Crippen LogP contribution in [0.1, 0.15) is 23.5 Å². The summed E-state index contributed by atoms with van der Waals surface area (Å²) in [5.74, 6) is -1.81. The largest absolute Gasteiger partial charge is 0.384 e. The maximum atomic E-state index is 14.7. The number of carbonyl (C=O) groups excluding carboxylic acids is 1. The number of imidazole rings is 1. The van der Waals surface area contributed by atoms with E-state index >= 15 is 0 Å². The van der Waals surface area contributed by atoms with E-state index in [4.69, 9.17) is 11.5 Å². The molecule has 0 bridgehead atoms. The van der Waals surface area contributed by atoms with Crippen molar-refractivity contribution in [2.45, 2.75) is 12.8 Å². The monoisotopic (exact) mass is 427 g/mol. The molecule has 0 aliphatic carbocycles. The molecule has 10 heteroatoms. The number of hydrogen-bond acceptors (Lipinski definition) is 6. The molecule has 1 saturated heterocycles. The van der Waals surface area contributed by atoms with Gasteiger partial charge in [-0.25, -0.2) is 18.7 Å². The number of nitrogen functional groups attached to an aromatic ring is 1. The van der Waals surface area contributed by atoms with E-state index < -0.39 is 17.5 Å². The van der Waals surface area contributed by atoms with E-state index in [1.165, 1.54) is 12.3 Å². The van der Waals surface area contributed by atoms with Gasteiger partial charge in [0.2, 0.25) is 0 Å². The van der Waals surface area contributed by atoms with Crippen LogP contribution in [0.15, 0.2) is 36.7 Å². The summed E-state index contributed by atoms with van der Waals surface area (Å²) in [7, 11) is 0. The van der Waals surface area contributed by atoms with E-state index in [2.05, 4.69) is 20.3 Å². The molecule has 1 amide bonds. The zero-order valence-corrected chi connectivity index (χ0v) is 16.7. The number of piperidine rings is 1. The number of aromatic amines is 1. The molecule has 31 heavy (non-hydrogen) atoms. The maximum Gasteiger partial charge on any atom is 0.291 e. The van der Waals surface area contributed by atoms with Gasteiger partial charge in [0.05, 0.1) is 23.3 Å². The molecule has 0 spiro atoms. The van der Waals surface area contributed by atoms with Gasteiger partial charge in [0.25, 0.3) is 5.91 Å². The van der Waals surface area contributed by atoms with Gasteiger partial charge in [-0.1, -0.05) is 0 Å². The fourth-order valence-corrected chi connectivity index (χ4v) is 3.72. The number of benzene rings is 1. The Morgan fingerprint density at radius 2 is 2.00 bits per heavy atom. The molecule has 2 aromatic heterocycles. The van der Waals surface area contributed by atoms with Crippen LogP contribution >= 0.6 is 0 Å². The van der Waals surface area contributed by atoms with Crippen molar-refractivity contribution in [3.8, 4) is 11.3 Å². The van der Waals surface area contributed by atoms with Gasteiger partial charge in [0.15, 0.2) is 17.5 Å². The molecule has 4 rings (SSSR count). The van der Waals surface area contributed by atoms with Gasteiger partial charge in [0, 0.05) is 24.8 Å². The average molecular weight is 427 g/mol. The van der Waals surface area contributed by atoms with Gasteiger partial charge in [0.1, 0.15) is 5.82 Å². The zero-order chi connectivity index (χ0) is 22.0. The van der Waals surface area contributed by atoms with Crippen molar-refractivity contribution >= 4 is 23.1 Å². The van der Waals surface area contributed by atoms with E-state index in [-0.39, 0.29) is 17.2 Å². The summed E-state index contributed by atoms with van der Waals surface area (Å²) in [6.07, 6.45) is 4.59. The van der Waals surface area contributed by atoms with E-state index in [0.717, 1.165) is 24.5 Å². The average Bonchev–Trinajstić information content (AvgIpc) is 3.27. The number of H-pyrrole nitrogens is 1. The van der Waals surface area contributed by atoms with Gasteiger partial charge < -0.3 is 26.7 Å². The molecular formula is C21H23F2N7O. The highest BCUT2D eigenvalue weighted by Crippen LogP contribution is 2.34. The Morgan fingerprint density at radius 1 is 1.23 bits per heavy atom. The molecule has 1 aliphatic rings. The second-order valence-corrected chi connectivity index (χ2v) is 7.49. The molecule has 3 aromatic rings. The Hall–Kier alpha value is -3.53. The van der Waals surface area contributed by atoms with Crippen LogP contribution in [-0.4, -0.2) is 40.5 Å². The van der Waals surface area contributed by atoms with Crippen molar-refractivity contribution in [1.82, 2.24) is 15.0 Å². The summed E-state index contributed by atoms with van der Waals surface area (Å²) < 4.78 is 28.7. The fraction of sp³-hybridized carbons (Fsp3) is 0.286. The third-order valence-corrected chi connectivity index (χ3v) is 5.46. The lowest BCUT2D eigenvalue weighted by atomic mass is 9.96. The molecule has 0 saturated carbocycles. The van der Waals surface area contributed by atoms with Gasteiger partial charge in [-0.2, -0.15) is 0 Å². The predicted octanol–water partition coefficient (Wildman–Crippen LogP) is 2.76. The molecular weight excluding hydrogens is 404 g/mol. The number of aromatic nitrogens is 3. The van der Waals surface area contributed by atoms with Crippen LogP contribution in [0.5, 0.6) is 0 Å². The highest BCUT2D eigenvalue weighted by molar-refractivity contribution is 6.04. The Bertz CT molecular complexity index is 1090. The van der Waals surface area contributed by atoms with E-state index in [1.807, 2.05) is 0 Å². The highest BCUT2D eigenvalue weighted by Gasteiger charge is 2.26. The number of nitrogens with two attached hydrogens (primary N) is 2. The normalized spacial score (nSPS) is 14.6. The second-order valence-electron chi connectivity index (χ2n) is 7.49. The van der Waals surface area contributed by atoms with Crippen LogP contribution in [0.4, 0.5) is 26.0 Å². The number of pyridine rings is 1. The SMILES string of the molecule is NCC1CCN(c2c(NC(=O)c3ncc(-c4ccnc(N)c4)[nH]3)ccc(F)c2F)CC1. The summed E-state index contributed by atoms with van der Waals surface area (Å²) >= 11 is 0. The van der Waals surface area contributed by atoms with Crippen LogP contribution in [0.25, 0.3) is 11.3 Å². The van der Waals surface area contributed by atoms with Gasteiger partial charge >= 0.3 is 0 Å². The molecule has 3 heterocycles. The van der Waals surface area contributed by atoms with Crippen LogP contribution in [0, 0.1) is 17.6 Å². The minimum Gasteiger partial charge on any atom is -0.384 e. The lowest BCUT2D eigenvalue weighted by Crippen LogP contribution is -2.37. The first-order chi connectivity index (χ1) is 15.0. The predicted molar refractivity (Wildman–Crippen MR) is 115 cm³/mol. The van der Waals surface area contributed by atoms with Crippen LogP contribution in [0.3, 0.4) is 0 Å². The summed E-state index contributed by atoms with van der Waals surface area (Å²) in [6, 6.07) is 5.72. The van der Waals surface area contributed by atoms with E-state index in [0.29, 0.717) is 37.1 Å². The van der Waals surface area contributed by atoms with Gasteiger partial charge in [-0.15, -0.1) is 0 Å². The summed E-state index contributed by atoms with van der Waals surface area (Å²) in [5, 5.41) is 2.65.